The van der Waals surface area contributed by atoms with Gasteiger partial charge >= 0.3 is 0 Å². The minimum absolute atomic E-state index is 0.0316. The normalized spacial score (nSPS) is 15.8. The Labute approximate surface area is 122 Å². The van der Waals surface area contributed by atoms with Crippen LogP contribution in [0.15, 0.2) is 23.1 Å². The van der Waals surface area contributed by atoms with Crippen LogP contribution < -0.4 is 5.32 Å². The van der Waals surface area contributed by atoms with Crippen LogP contribution in [-0.2, 0) is 10.8 Å². The fraction of sp³-hybridized carbons (Fsp3) is 0.600. The maximum Gasteiger partial charge on any atom is 0.139 e. The summed E-state index contributed by atoms with van der Waals surface area (Å²) in [7, 11) is -1.55. The van der Waals surface area contributed by atoms with E-state index in [1.807, 2.05) is 13.8 Å². The molecule has 2 nitrogen and oxygen atoms in total. The molecule has 1 rings (SSSR count). The van der Waals surface area contributed by atoms with Crippen LogP contribution in [0.2, 0.25) is 0 Å². The highest BCUT2D eigenvalue weighted by Crippen LogP contribution is 2.22. The van der Waals surface area contributed by atoms with Gasteiger partial charge in [-0.15, -0.1) is 0 Å². The number of rotatable bonds is 8. The summed E-state index contributed by atoms with van der Waals surface area (Å²) >= 11 is 0. The van der Waals surface area contributed by atoms with Crippen molar-refractivity contribution < 1.29 is 13.0 Å². The highest BCUT2D eigenvalue weighted by molar-refractivity contribution is 7.85. The highest BCUT2D eigenvalue weighted by Gasteiger charge is 2.27. The summed E-state index contributed by atoms with van der Waals surface area (Å²) in [6, 6.07) is 3.18. The van der Waals surface area contributed by atoms with Crippen LogP contribution in [0.25, 0.3) is 0 Å². The van der Waals surface area contributed by atoms with Gasteiger partial charge in [0.25, 0.3) is 0 Å². The summed E-state index contributed by atoms with van der Waals surface area (Å²) < 4.78 is 39.6. The fourth-order valence-corrected chi connectivity index (χ4v) is 4.02. The van der Waals surface area contributed by atoms with Gasteiger partial charge in [0.15, 0.2) is 0 Å². The molecule has 3 unspecified atom stereocenters. The van der Waals surface area contributed by atoms with Crippen molar-refractivity contribution in [3.05, 3.63) is 29.8 Å². The maximum absolute atomic E-state index is 13.8. The Kier molecular flexibility index (Phi) is 7.30. The first-order valence-corrected chi connectivity index (χ1v) is 8.35. The van der Waals surface area contributed by atoms with E-state index in [0.29, 0.717) is 6.42 Å². The van der Waals surface area contributed by atoms with Crippen LogP contribution in [-0.4, -0.2) is 22.0 Å². The van der Waals surface area contributed by atoms with E-state index in [1.165, 1.54) is 0 Å². The van der Waals surface area contributed by atoms with E-state index in [9.17, 15) is 13.0 Å². The first-order chi connectivity index (χ1) is 9.54. The van der Waals surface area contributed by atoms with Gasteiger partial charge in [0, 0.05) is 6.04 Å². The standard InChI is InChI=1S/C15H23F2NOS/c1-4-7-13(18-6-3)14(5-2)20(19)15-10-11(16)8-9-12(15)17/h8-10,13-14,18H,4-7H2,1-3H3. The second-order valence-corrected chi connectivity index (χ2v) is 6.41. The summed E-state index contributed by atoms with van der Waals surface area (Å²) in [6.07, 6.45) is 2.48. The van der Waals surface area contributed by atoms with Gasteiger partial charge in [-0.05, 0) is 37.6 Å². The van der Waals surface area contributed by atoms with Crippen molar-refractivity contribution in [2.45, 2.75) is 56.2 Å². The molecule has 1 N–H and O–H groups in total. The van der Waals surface area contributed by atoms with Crippen LogP contribution in [0.3, 0.4) is 0 Å². The third-order valence-corrected chi connectivity index (χ3v) is 5.26. The van der Waals surface area contributed by atoms with Crippen LogP contribution in [0, 0.1) is 11.6 Å². The maximum atomic E-state index is 13.8. The van der Waals surface area contributed by atoms with E-state index in [4.69, 9.17) is 0 Å². The number of halogens is 2. The largest absolute Gasteiger partial charge is 0.313 e. The molecular formula is C15H23F2NOS. The minimum Gasteiger partial charge on any atom is -0.313 e. The molecule has 0 heterocycles. The molecule has 20 heavy (non-hydrogen) atoms. The van der Waals surface area contributed by atoms with Gasteiger partial charge in [-0.25, -0.2) is 8.78 Å². The Balaban J connectivity index is 3.03. The topological polar surface area (TPSA) is 29.1 Å². The molecule has 0 saturated carbocycles. The fourth-order valence-electron chi connectivity index (χ4n) is 2.37. The average molecular weight is 303 g/mol. The van der Waals surface area contributed by atoms with Crippen molar-refractivity contribution >= 4 is 10.8 Å². The lowest BCUT2D eigenvalue weighted by Crippen LogP contribution is -2.42. The molecule has 0 aromatic heterocycles. The third-order valence-electron chi connectivity index (χ3n) is 3.30. The molecule has 0 aliphatic rings. The van der Waals surface area contributed by atoms with Crippen molar-refractivity contribution in [2.24, 2.45) is 0 Å². The van der Waals surface area contributed by atoms with E-state index in [2.05, 4.69) is 12.2 Å². The molecule has 1 aromatic carbocycles. The van der Waals surface area contributed by atoms with Crippen molar-refractivity contribution in [1.29, 1.82) is 0 Å². The summed E-state index contributed by atoms with van der Waals surface area (Å²) in [5.41, 5.74) is 0. The van der Waals surface area contributed by atoms with Crippen molar-refractivity contribution in [2.75, 3.05) is 6.54 Å². The van der Waals surface area contributed by atoms with Crippen molar-refractivity contribution in [1.82, 2.24) is 5.32 Å². The van der Waals surface area contributed by atoms with Crippen molar-refractivity contribution in [3.63, 3.8) is 0 Å². The molecule has 0 saturated heterocycles. The zero-order valence-electron chi connectivity index (χ0n) is 12.3. The van der Waals surface area contributed by atoms with Crippen molar-refractivity contribution in [3.8, 4) is 0 Å². The van der Waals surface area contributed by atoms with Crippen LogP contribution in [0.5, 0.6) is 0 Å². The molecule has 0 bridgehead atoms. The van der Waals surface area contributed by atoms with Gasteiger partial charge in [0.2, 0.25) is 0 Å². The Morgan fingerprint density at radius 1 is 1.25 bits per heavy atom. The summed E-state index contributed by atoms with van der Waals surface area (Å²) in [6.45, 7) is 6.74. The van der Waals surface area contributed by atoms with Crippen LogP contribution in [0.1, 0.15) is 40.0 Å². The molecule has 0 radical (unpaired) electrons. The summed E-state index contributed by atoms with van der Waals surface area (Å²) in [4.78, 5) is -0.0316. The van der Waals surface area contributed by atoms with E-state index < -0.39 is 22.4 Å². The molecule has 0 amide bonds. The van der Waals surface area contributed by atoms with Crippen LogP contribution in [0.4, 0.5) is 8.78 Å². The second kappa shape index (κ2) is 8.47. The van der Waals surface area contributed by atoms with E-state index in [1.54, 1.807) is 0 Å². The highest BCUT2D eigenvalue weighted by atomic mass is 32.2. The van der Waals surface area contributed by atoms with E-state index in [0.717, 1.165) is 37.6 Å². The monoisotopic (exact) mass is 303 g/mol. The number of benzene rings is 1. The summed E-state index contributed by atoms with van der Waals surface area (Å²) in [5.74, 6) is -1.16. The molecule has 0 spiro atoms. The lowest BCUT2D eigenvalue weighted by molar-refractivity contribution is 0.456. The second-order valence-electron chi connectivity index (χ2n) is 4.77. The number of nitrogens with one attached hydrogen (secondary N) is 1. The predicted octanol–water partition coefficient (Wildman–Crippen LogP) is 3.63. The zero-order valence-corrected chi connectivity index (χ0v) is 13.1. The molecule has 0 aliphatic carbocycles. The molecule has 0 fully saturated rings. The van der Waals surface area contributed by atoms with Gasteiger partial charge in [0.1, 0.15) is 11.6 Å². The molecular weight excluding hydrogens is 280 g/mol. The lowest BCUT2D eigenvalue weighted by Gasteiger charge is -2.26. The third kappa shape index (κ3) is 4.35. The molecule has 0 aliphatic heterocycles. The van der Waals surface area contributed by atoms with Gasteiger partial charge < -0.3 is 5.32 Å². The first-order valence-electron chi connectivity index (χ1n) is 7.14. The van der Waals surface area contributed by atoms with Gasteiger partial charge in [-0.2, -0.15) is 0 Å². The molecule has 3 atom stereocenters. The van der Waals surface area contributed by atoms with E-state index >= 15 is 0 Å². The Morgan fingerprint density at radius 3 is 2.50 bits per heavy atom. The predicted molar refractivity (Wildman–Crippen MR) is 79.2 cm³/mol. The SMILES string of the molecule is CCCC(NCC)C(CC)S(=O)c1cc(F)ccc1F. The number of hydrogen-bond acceptors (Lipinski definition) is 2. The minimum atomic E-state index is -1.55. The quantitative estimate of drug-likeness (QED) is 0.794. The zero-order chi connectivity index (χ0) is 15.1. The first kappa shape index (κ1) is 17.2. The molecule has 5 heteroatoms. The van der Waals surface area contributed by atoms with Crippen LogP contribution >= 0.6 is 0 Å². The average Bonchev–Trinajstić information content (AvgIpc) is 2.42. The smallest absolute Gasteiger partial charge is 0.139 e. The van der Waals surface area contributed by atoms with Gasteiger partial charge in [-0.3, -0.25) is 4.21 Å². The van der Waals surface area contributed by atoms with Gasteiger partial charge in [0.05, 0.1) is 20.9 Å². The Bertz CT molecular complexity index is 447. The molecule has 1 aromatic rings. The van der Waals surface area contributed by atoms with E-state index in [-0.39, 0.29) is 16.2 Å². The summed E-state index contributed by atoms with van der Waals surface area (Å²) in [5, 5.41) is 3.09. The van der Waals surface area contributed by atoms with Gasteiger partial charge in [-0.1, -0.05) is 27.2 Å². The Hall–Kier alpha value is -0.810. The lowest BCUT2D eigenvalue weighted by atomic mass is 10.1. The number of hydrogen-bond donors (Lipinski definition) is 1. The molecule has 114 valence electrons. The Morgan fingerprint density at radius 2 is 1.95 bits per heavy atom.